The lowest BCUT2D eigenvalue weighted by Crippen LogP contribution is -2.33. The summed E-state index contributed by atoms with van der Waals surface area (Å²) in [4.78, 5) is 38.3. The van der Waals surface area contributed by atoms with Crippen molar-refractivity contribution in [2.75, 3.05) is 17.7 Å². The Labute approximate surface area is 255 Å². The van der Waals surface area contributed by atoms with E-state index in [1.54, 1.807) is 17.4 Å². The lowest BCUT2D eigenvalue weighted by Gasteiger charge is -2.28. The number of carboxylic acid groups (broad SMARTS) is 1. The van der Waals surface area contributed by atoms with Gasteiger partial charge in [0, 0.05) is 23.2 Å². The standard InChI is InChI=1S/C30H30ClF3N6O4/c1-4-44-20-11-16(27(41)38-22-12-18(8-10-36-22)30(32,33)34)5-6-19(20)23-24-25(35)37-14-21(31)40(24)26(39-23)17-7-9-29(13-17,15(2)3)28(42)43/h5-6,8,10-12,14-15,17H,4,7,9,13H2,1-3H3,(H2,35,37)(H,42,43)(H,36,38,41)/t17-,29+/m0/s1. The number of ether oxygens (including phenoxy) is 1. The van der Waals surface area contributed by atoms with Crippen molar-refractivity contribution >= 4 is 40.6 Å². The highest BCUT2D eigenvalue weighted by Gasteiger charge is 2.49. The van der Waals surface area contributed by atoms with Gasteiger partial charge in [-0.1, -0.05) is 25.4 Å². The quantitative estimate of drug-likeness (QED) is 0.195. The molecule has 2 atom stereocenters. The zero-order valence-corrected chi connectivity index (χ0v) is 24.8. The van der Waals surface area contributed by atoms with Crippen LogP contribution in [-0.4, -0.2) is 42.9 Å². The van der Waals surface area contributed by atoms with Crippen molar-refractivity contribution in [2.24, 2.45) is 11.3 Å². The Morgan fingerprint density at radius 2 is 2.00 bits per heavy atom. The van der Waals surface area contributed by atoms with Crippen LogP contribution < -0.4 is 15.8 Å². The van der Waals surface area contributed by atoms with E-state index in [-0.39, 0.29) is 46.5 Å². The lowest BCUT2D eigenvalue weighted by atomic mass is 9.75. The molecule has 0 radical (unpaired) electrons. The number of nitrogen functional groups attached to an aromatic ring is 1. The summed E-state index contributed by atoms with van der Waals surface area (Å²) in [7, 11) is 0. The first-order valence-corrected chi connectivity index (χ1v) is 14.3. The normalized spacial score (nSPS) is 18.6. The van der Waals surface area contributed by atoms with Crippen molar-refractivity contribution in [1.29, 1.82) is 0 Å². The number of carbonyl (C=O) groups is 2. The lowest BCUT2D eigenvalue weighted by molar-refractivity contribution is -0.151. The molecule has 3 aromatic heterocycles. The van der Waals surface area contributed by atoms with E-state index in [0.717, 1.165) is 18.3 Å². The van der Waals surface area contributed by atoms with Gasteiger partial charge in [0.05, 0.1) is 23.8 Å². The molecule has 3 heterocycles. The number of nitrogens with two attached hydrogens (primary N) is 1. The van der Waals surface area contributed by atoms with Gasteiger partial charge < -0.3 is 20.9 Å². The van der Waals surface area contributed by atoms with Crippen molar-refractivity contribution in [2.45, 2.75) is 52.1 Å². The summed E-state index contributed by atoms with van der Waals surface area (Å²) in [6.45, 7) is 5.77. The average Bonchev–Trinajstić information content (AvgIpc) is 3.59. The van der Waals surface area contributed by atoms with Gasteiger partial charge in [-0.15, -0.1) is 0 Å². The minimum absolute atomic E-state index is 0.100. The highest BCUT2D eigenvalue weighted by molar-refractivity contribution is 6.30. The van der Waals surface area contributed by atoms with Gasteiger partial charge in [-0.05, 0) is 62.4 Å². The molecule has 0 bridgehead atoms. The second kappa shape index (κ2) is 11.6. The number of carbonyl (C=O) groups excluding carboxylic acids is 1. The number of anilines is 2. The van der Waals surface area contributed by atoms with Crippen LogP contribution in [0.3, 0.4) is 0 Å². The molecule has 1 aliphatic rings. The van der Waals surface area contributed by atoms with Crippen molar-refractivity contribution in [1.82, 2.24) is 19.4 Å². The Hall–Kier alpha value is -4.39. The molecular formula is C30H30ClF3N6O4. The molecule has 1 aromatic carbocycles. The molecule has 0 saturated heterocycles. The van der Waals surface area contributed by atoms with Crippen LogP contribution in [0.25, 0.3) is 16.8 Å². The topological polar surface area (TPSA) is 145 Å². The van der Waals surface area contributed by atoms with Crippen LogP contribution in [0.1, 0.15) is 67.7 Å². The number of imidazole rings is 1. The molecule has 0 spiro atoms. The first-order chi connectivity index (χ1) is 20.8. The number of nitrogens with one attached hydrogen (secondary N) is 1. The van der Waals surface area contributed by atoms with Crippen LogP contribution in [0.15, 0.2) is 42.7 Å². The molecule has 232 valence electrons. The second-order valence-corrected chi connectivity index (χ2v) is 11.4. The maximum atomic E-state index is 13.1. The van der Waals surface area contributed by atoms with Gasteiger partial charge in [0.25, 0.3) is 5.91 Å². The van der Waals surface area contributed by atoms with Crippen LogP contribution in [0, 0.1) is 11.3 Å². The third kappa shape index (κ3) is 5.51. The Morgan fingerprint density at radius 3 is 2.64 bits per heavy atom. The van der Waals surface area contributed by atoms with Gasteiger partial charge in [-0.25, -0.2) is 15.0 Å². The number of hydrogen-bond acceptors (Lipinski definition) is 7. The SMILES string of the molecule is CCOc1cc(C(=O)Nc2cc(C(F)(F)F)ccn2)ccc1-c1nc([C@H]2CC[C@](C(=O)O)(C(C)C)C2)n2c(Cl)cnc(N)c12. The molecule has 0 unspecified atom stereocenters. The smallest absolute Gasteiger partial charge is 0.416 e. The van der Waals surface area contributed by atoms with Crippen molar-refractivity contribution in [3.63, 3.8) is 0 Å². The second-order valence-electron chi connectivity index (χ2n) is 11.1. The summed E-state index contributed by atoms with van der Waals surface area (Å²) >= 11 is 6.62. The molecular weight excluding hydrogens is 601 g/mol. The van der Waals surface area contributed by atoms with Crippen molar-refractivity contribution in [3.8, 4) is 17.0 Å². The number of amides is 1. The van der Waals surface area contributed by atoms with E-state index >= 15 is 0 Å². The van der Waals surface area contributed by atoms with Crippen LogP contribution in [0.2, 0.25) is 5.15 Å². The maximum absolute atomic E-state index is 13.1. The summed E-state index contributed by atoms with van der Waals surface area (Å²) in [6, 6.07) is 6.07. The predicted octanol–water partition coefficient (Wildman–Crippen LogP) is 6.69. The number of aliphatic carboxylic acids is 1. The van der Waals surface area contributed by atoms with Crippen LogP contribution in [0.5, 0.6) is 5.75 Å². The van der Waals surface area contributed by atoms with Gasteiger partial charge in [-0.2, -0.15) is 13.2 Å². The Balaban J connectivity index is 1.57. The first-order valence-electron chi connectivity index (χ1n) is 13.9. The maximum Gasteiger partial charge on any atom is 0.416 e. The van der Waals surface area contributed by atoms with Crippen molar-refractivity contribution in [3.05, 3.63) is 64.8 Å². The number of carboxylic acids is 1. The van der Waals surface area contributed by atoms with Crippen LogP contribution in [0.4, 0.5) is 24.8 Å². The highest BCUT2D eigenvalue weighted by atomic mass is 35.5. The minimum Gasteiger partial charge on any atom is -0.493 e. The molecule has 5 rings (SSSR count). The third-order valence-electron chi connectivity index (χ3n) is 8.24. The number of hydrogen-bond donors (Lipinski definition) is 3. The number of rotatable bonds is 8. The summed E-state index contributed by atoms with van der Waals surface area (Å²) < 4.78 is 47.0. The number of halogens is 4. The molecule has 4 N–H and O–H groups in total. The zero-order chi connectivity index (χ0) is 32.0. The van der Waals surface area contributed by atoms with E-state index in [1.165, 1.54) is 18.3 Å². The number of aromatic nitrogens is 4. The Kier molecular flexibility index (Phi) is 8.19. The highest BCUT2D eigenvalue weighted by Crippen LogP contribution is 2.52. The number of alkyl halides is 3. The number of fused-ring (bicyclic) bond motifs is 1. The van der Waals surface area contributed by atoms with E-state index < -0.39 is 29.0 Å². The predicted molar refractivity (Wildman–Crippen MR) is 158 cm³/mol. The summed E-state index contributed by atoms with van der Waals surface area (Å²) in [5.41, 5.74) is 5.82. The van der Waals surface area contributed by atoms with Gasteiger partial charge in [0.2, 0.25) is 0 Å². The fraction of sp³-hybridized carbons (Fsp3) is 0.367. The van der Waals surface area contributed by atoms with Crippen LogP contribution >= 0.6 is 11.6 Å². The summed E-state index contributed by atoms with van der Waals surface area (Å²) in [6.07, 6.45) is -0.827. The number of benzene rings is 1. The molecule has 1 fully saturated rings. The molecule has 1 aliphatic carbocycles. The molecule has 1 saturated carbocycles. The van der Waals surface area contributed by atoms with E-state index in [0.29, 0.717) is 41.9 Å². The number of pyridine rings is 1. The van der Waals surface area contributed by atoms with Gasteiger partial charge in [-0.3, -0.25) is 14.0 Å². The molecule has 44 heavy (non-hydrogen) atoms. The molecule has 1 amide bonds. The van der Waals surface area contributed by atoms with Crippen molar-refractivity contribution < 1.29 is 32.6 Å². The molecule has 0 aliphatic heterocycles. The van der Waals surface area contributed by atoms with Gasteiger partial charge >= 0.3 is 12.1 Å². The molecule has 4 aromatic rings. The van der Waals surface area contributed by atoms with Gasteiger partial charge in [0.1, 0.15) is 39.6 Å². The first kappa shape index (κ1) is 31.0. The summed E-state index contributed by atoms with van der Waals surface area (Å²) in [5, 5.41) is 12.7. The fourth-order valence-corrected chi connectivity index (χ4v) is 6.07. The van der Waals surface area contributed by atoms with Crippen LogP contribution in [-0.2, 0) is 11.0 Å². The van der Waals surface area contributed by atoms with Gasteiger partial charge in [0.15, 0.2) is 0 Å². The number of nitrogens with zero attached hydrogens (tertiary/aromatic N) is 4. The largest absolute Gasteiger partial charge is 0.493 e. The molecule has 14 heteroatoms. The average molecular weight is 631 g/mol. The Morgan fingerprint density at radius 1 is 1.25 bits per heavy atom. The fourth-order valence-electron chi connectivity index (χ4n) is 5.85. The molecule has 10 nitrogen and oxygen atoms in total. The van der Waals surface area contributed by atoms with E-state index in [4.69, 9.17) is 27.1 Å². The third-order valence-corrected chi connectivity index (χ3v) is 8.51. The van der Waals surface area contributed by atoms with E-state index in [1.807, 2.05) is 13.8 Å². The Bertz CT molecular complexity index is 1760. The zero-order valence-electron chi connectivity index (χ0n) is 24.1. The monoisotopic (exact) mass is 630 g/mol. The van der Waals surface area contributed by atoms with E-state index in [9.17, 15) is 27.9 Å². The summed E-state index contributed by atoms with van der Waals surface area (Å²) in [5.74, 6) is -1.23. The minimum atomic E-state index is -4.60. The van der Waals surface area contributed by atoms with E-state index in [2.05, 4.69) is 15.3 Å².